The molecule has 0 radical (unpaired) electrons. The Balaban J connectivity index is 1.99. The number of aromatic nitrogens is 5. The average molecular weight is 401 g/mol. The molecule has 10 heteroatoms. The maximum atomic E-state index is 12.0. The number of H-pyrrole nitrogens is 2. The summed E-state index contributed by atoms with van der Waals surface area (Å²) in [6.07, 6.45) is 0.190. The van der Waals surface area contributed by atoms with Crippen molar-refractivity contribution in [2.45, 2.75) is 30.7 Å². The van der Waals surface area contributed by atoms with Crippen molar-refractivity contribution in [3.63, 3.8) is 0 Å². The fourth-order valence-corrected chi connectivity index (χ4v) is 3.46. The number of benzene rings is 1. The Morgan fingerprint density at radius 2 is 1.96 bits per heavy atom. The molecule has 0 saturated heterocycles. The van der Waals surface area contributed by atoms with E-state index in [0.29, 0.717) is 23.3 Å². The highest BCUT2D eigenvalue weighted by atomic mass is 32.2. The van der Waals surface area contributed by atoms with Crippen molar-refractivity contribution in [2.75, 3.05) is 6.61 Å². The molecular formula is C18H19N5O4S. The van der Waals surface area contributed by atoms with Crippen molar-refractivity contribution in [1.82, 2.24) is 24.7 Å². The van der Waals surface area contributed by atoms with Crippen molar-refractivity contribution in [2.24, 2.45) is 0 Å². The minimum absolute atomic E-state index is 0.190. The van der Waals surface area contributed by atoms with Crippen molar-refractivity contribution < 1.29 is 9.53 Å². The first-order valence-electron chi connectivity index (χ1n) is 8.63. The van der Waals surface area contributed by atoms with Crippen LogP contribution in [0.2, 0.25) is 0 Å². The van der Waals surface area contributed by atoms with E-state index in [1.165, 1.54) is 17.8 Å². The topological polar surface area (TPSA) is 123 Å². The van der Waals surface area contributed by atoms with Gasteiger partial charge in [-0.1, -0.05) is 30.0 Å². The monoisotopic (exact) mass is 401 g/mol. The van der Waals surface area contributed by atoms with E-state index in [9.17, 15) is 14.4 Å². The molecule has 0 saturated carbocycles. The van der Waals surface area contributed by atoms with Gasteiger partial charge in [0.1, 0.15) is 11.1 Å². The molecule has 0 fully saturated rings. The van der Waals surface area contributed by atoms with Crippen molar-refractivity contribution >= 4 is 17.7 Å². The van der Waals surface area contributed by atoms with Crippen LogP contribution in [0.15, 0.2) is 51.1 Å². The molecule has 1 atom stereocenters. The van der Waals surface area contributed by atoms with Gasteiger partial charge in [0.25, 0.3) is 5.56 Å². The largest absolute Gasteiger partial charge is 0.465 e. The molecule has 0 bridgehead atoms. The van der Waals surface area contributed by atoms with E-state index in [2.05, 4.69) is 20.2 Å². The van der Waals surface area contributed by atoms with Crippen LogP contribution in [0.4, 0.5) is 0 Å². The Morgan fingerprint density at radius 3 is 2.64 bits per heavy atom. The lowest BCUT2D eigenvalue weighted by Crippen LogP contribution is -2.23. The molecular weight excluding hydrogens is 382 g/mol. The fourth-order valence-electron chi connectivity index (χ4n) is 2.58. The number of carbonyl (C=O) groups excluding carboxylic acids is 1. The summed E-state index contributed by atoms with van der Waals surface area (Å²) in [5, 5.41) is 8.45. The molecule has 2 aromatic heterocycles. The summed E-state index contributed by atoms with van der Waals surface area (Å²) >= 11 is 1.23. The highest BCUT2D eigenvalue weighted by Gasteiger charge is 2.22. The Morgan fingerprint density at radius 1 is 1.21 bits per heavy atom. The number of carbonyl (C=O) groups is 1. The number of thioether (sulfide) groups is 1. The van der Waals surface area contributed by atoms with E-state index >= 15 is 0 Å². The summed E-state index contributed by atoms with van der Waals surface area (Å²) in [6, 6.07) is 10.7. The van der Waals surface area contributed by atoms with E-state index in [4.69, 9.17) is 4.74 Å². The number of para-hydroxylation sites is 1. The summed E-state index contributed by atoms with van der Waals surface area (Å²) in [6.45, 7) is 3.79. The Labute approximate surface area is 164 Å². The number of hydrogen-bond acceptors (Lipinski definition) is 7. The summed E-state index contributed by atoms with van der Waals surface area (Å²) in [7, 11) is 0. The van der Waals surface area contributed by atoms with Gasteiger partial charge in [0.05, 0.1) is 6.61 Å². The van der Waals surface area contributed by atoms with Gasteiger partial charge in [-0.2, -0.15) is 0 Å². The first kappa shape index (κ1) is 19.6. The smallest absolute Gasteiger partial charge is 0.325 e. The minimum atomic E-state index is -0.584. The molecule has 146 valence electrons. The Hall–Kier alpha value is -3.14. The summed E-state index contributed by atoms with van der Waals surface area (Å²) < 4.78 is 6.85. The molecule has 3 aromatic rings. The quantitative estimate of drug-likeness (QED) is 0.451. The molecule has 0 unspecified atom stereocenters. The molecule has 3 rings (SSSR count). The molecule has 1 aromatic carbocycles. The maximum Gasteiger partial charge on any atom is 0.325 e. The molecule has 2 heterocycles. The third-order valence-electron chi connectivity index (χ3n) is 3.78. The van der Waals surface area contributed by atoms with E-state index in [-0.39, 0.29) is 12.4 Å². The fraction of sp³-hybridized carbons (Fsp3) is 0.278. The molecule has 0 spiro atoms. The number of nitrogens with zero attached hydrogens (tertiary/aromatic N) is 3. The van der Waals surface area contributed by atoms with E-state index in [1.807, 2.05) is 30.3 Å². The van der Waals surface area contributed by atoms with Crippen LogP contribution >= 0.6 is 11.8 Å². The van der Waals surface area contributed by atoms with Gasteiger partial charge >= 0.3 is 11.7 Å². The zero-order valence-corrected chi connectivity index (χ0v) is 16.2. The molecule has 28 heavy (non-hydrogen) atoms. The number of ether oxygens (including phenoxy) is 1. The van der Waals surface area contributed by atoms with Crippen molar-refractivity contribution in [3.05, 3.63) is 68.8 Å². The van der Waals surface area contributed by atoms with Gasteiger partial charge in [0.15, 0.2) is 5.16 Å². The lowest BCUT2D eigenvalue weighted by molar-refractivity contribution is -0.142. The van der Waals surface area contributed by atoms with Gasteiger partial charge in [-0.15, -0.1) is 10.2 Å². The third kappa shape index (κ3) is 4.58. The van der Waals surface area contributed by atoms with Crippen molar-refractivity contribution in [3.8, 4) is 5.69 Å². The van der Waals surface area contributed by atoms with Crippen LogP contribution < -0.4 is 11.2 Å². The molecule has 0 aliphatic carbocycles. The van der Waals surface area contributed by atoms with Crippen LogP contribution in [0.5, 0.6) is 0 Å². The highest BCUT2D eigenvalue weighted by molar-refractivity contribution is 8.00. The van der Waals surface area contributed by atoms with Crippen LogP contribution in [-0.4, -0.2) is 42.6 Å². The number of rotatable bonds is 7. The second-order valence-electron chi connectivity index (χ2n) is 5.87. The summed E-state index contributed by atoms with van der Waals surface area (Å²) in [5.41, 5.74) is 0.135. The zero-order chi connectivity index (χ0) is 20.1. The lowest BCUT2D eigenvalue weighted by atomic mass is 10.2. The second-order valence-corrected chi connectivity index (χ2v) is 7.18. The van der Waals surface area contributed by atoms with Crippen molar-refractivity contribution in [1.29, 1.82) is 0 Å². The first-order chi connectivity index (χ1) is 13.5. The SMILES string of the molecule is CCOC(=O)[C@H](C)Sc1nnc(Cc2cc(=O)[nH]c(=O)[nH]2)n1-c1ccccc1. The van der Waals surface area contributed by atoms with E-state index in [0.717, 1.165) is 5.69 Å². The van der Waals surface area contributed by atoms with Gasteiger partial charge in [0, 0.05) is 23.9 Å². The van der Waals surface area contributed by atoms with Gasteiger partial charge in [-0.05, 0) is 26.0 Å². The molecule has 0 aliphatic heterocycles. The van der Waals surface area contributed by atoms with Crippen LogP contribution in [0, 0.1) is 0 Å². The summed E-state index contributed by atoms with van der Waals surface area (Å²) in [4.78, 5) is 39.8. The van der Waals surface area contributed by atoms with Crippen LogP contribution in [0.25, 0.3) is 5.69 Å². The van der Waals surface area contributed by atoms with Crippen LogP contribution in [0.3, 0.4) is 0 Å². The standard InChI is InChI=1S/C18H19N5O4S/c1-3-27-16(25)11(2)28-18-22-21-14(23(18)13-7-5-4-6-8-13)9-12-10-15(24)20-17(26)19-12/h4-8,10-11H,3,9H2,1-2H3,(H2,19,20,24,26)/t11-/m0/s1. The molecule has 2 N–H and O–H groups in total. The molecule has 0 aliphatic rings. The van der Waals surface area contributed by atoms with E-state index in [1.54, 1.807) is 18.4 Å². The minimum Gasteiger partial charge on any atom is -0.465 e. The van der Waals surface area contributed by atoms with Gasteiger partial charge < -0.3 is 9.72 Å². The summed E-state index contributed by atoms with van der Waals surface area (Å²) in [5.74, 6) is 0.182. The Kier molecular flexibility index (Phi) is 6.09. The number of hydrogen-bond donors (Lipinski definition) is 2. The van der Waals surface area contributed by atoms with Crippen LogP contribution in [-0.2, 0) is 16.0 Å². The normalized spacial score (nSPS) is 11.9. The predicted octanol–water partition coefficient (Wildman–Crippen LogP) is 1.28. The predicted molar refractivity (Wildman–Crippen MR) is 104 cm³/mol. The lowest BCUT2D eigenvalue weighted by Gasteiger charge is -2.13. The third-order valence-corrected chi connectivity index (χ3v) is 4.80. The molecule has 9 nitrogen and oxygen atoms in total. The maximum absolute atomic E-state index is 12.0. The van der Waals surface area contributed by atoms with Gasteiger partial charge in [-0.25, -0.2) is 4.79 Å². The highest BCUT2D eigenvalue weighted by Crippen LogP contribution is 2.27. The van der Waals surface area contributed by atoms with Gasteiger partial charge in [-0.3, -0.25) is 19.1 Å². The van der Waals surface area contributed by atoms with Crippen LogP contribution in [0.1, 0.15) is 25.4 Å². The van der Waals surface area contributed by atoms with E-state index < -0.39 is 16.5 Å². The Bertz CT molecular complexity index is 1050. The number of esters is 1. The molecule has 0 amide bonds. The average Bonchev–Trinajstić information content (AvgIpc) is 3.03. The van der Waals surface area contributed by atoms with Gasteiger partial charge in [0.2, 0.25) is 0 Å². The number of nitrogens with one attached hydrogen (secondary N) is 2. The second kappa shape index (κ2) is 8.70. The zero-order valence-electron chi connectivity index (χ0n) is 15.3. The first-order valence-corrected chi connectivity index (χ1v) is 9.51. The number of aromatic amines is 2.